The second kappa shape index (κ2) is 4.78. The van der Waals surface area contributed by atoms with E-state index < -0.39 is 5.60 Å². The molecular weight excluding hydrogens is 194 g/mol. The maximum Gasteiger partial charge on any atom is 0.0686 e. The van der Waals surface area contributed by atoms with Gasteiger partial charge in [-0.25, -0.2) is 0 Å². The lowest BCUT2D eigenvalue weighted by Crippen LogP contribution is -2.48. The van der Waals surface area contributed by atoms with Gasteiger partial charge >= 0.3 is 0 Å². The van der Waals surface area contributed by atoms with E-state index in [-0.39, 0.29) is 12.0 Å². The summed E-state index contributed by atoms with van der Waals surface area (Å²) >= 11 is 0. The first-order chi connectivity index (χ1) is 7.18. The predicted molar refractivity (Wildman–Crippen MR) is 56.8 cm³/mol. The standard InChI is InChI=1S/C11H21NO3/c1-11(13,9-2-4-14-7-9)6-10-8-15-5-3-12-10/h9-10,12-13H,2-8H2,1H3. The lowest BCUT2D eigenvalue weighted by atomic mass is 9.83. The summed E-state index contributed by atoms with van der Waals surface area (Å²) in [7, 11) is 0. The zero-order chi connectivity index (χ0) is 10.7. The van der Waals surface area contributed by atoms with Gasteiger partial charge in [-0.3, -0.25) is 0 Å². The van der Waals surface area contributed by atoms with Crippen LogP contribution in [0.2, 0.25) is 0 Å². The molecule has 0 spiro atoms. The monoisotopic (exact) mass is 215 g/mol. The molecule has 0 amide bonds. The number of rotatable bonds is 3. The van der Waals surface area contributed by atoms with Gasteiger partial charge < -0.3 is 19.9 Å². The van der Waals surface area contributed by atoms with E-state index in [0.29, 0.717) is 13.2 Å². The Morgan fingerprint density at radius 1 is 1.33 bits per heavy atom. The first-order valence-electron chi connectivity index (χ1n) is 5.80. The van der Waals surface area contributed by atoms with Crippen molar-refractivity contribution in [2.24, 2.45) is 5.92 Å². The van der Waals surface area contributed by atoms with Gasteiger partial charge in [-0.2, -0.15) is 0 Å². The van der Waals surface area contributed by atoms with Crippen molar-refractivity contribution in [1.82, 2.24) is 5.32 Å². The fourth-order valence-electron chi connectivity index (χ4n) is 2.44. The van der Waals surface area contributed by atoms with Crippen LogP contribution in [0.3, 0.4) is 0 Å². The largest absolute Gasteiger partial charge is 0.390 e. The van der Waals surface area contributed by atoms with E-state index in [1.54, 1.807) is 0 Å². The van der Waals surface area contributed by atoms with Crippen molar-refractivity contribution in [1.29, 1.82) is 0 Å². The van der Waals surface area contributed by atoms with E-state index in [2.05, 4.69) is 5.32 Å². The highest BCUT2D eigenvalue weighted by Crippen LogP contribution is 2.29. The van der Waals surface area contributed by atoms with Crippen LogP contribution >= 0.6 is 0 Å². The molecule has 2 saturated heterocycles. The predicted octanol–water partition coefficient (Wildman–Crippen LogP) is 0.152. The van der Waals surface area contributed by atoms with Crippen molar-refractivity contribution in [2.75, 3.05) is 33.0 Å². The average Bonchev–Trinajstić information content (AvgIpc) is 2.71. The van der Waals surface area contributed by atoms with Gasteiger partial charge in [0.2, 0.25) is 0 Å². The highest BCUT2D eigenvalue weighted by molar-refractivity contribution is 4.89. The number of hydrogen-bond acceptors (Lipinski definition) is 4. The molecule has 2 aliphatic rings. The van der Waals surface area contributed by atoms with Gasteiger partial charge in [-0.15, -0.1) is 0 Å². The smallest absolute Gasteiger partial charge is 0.0686 e. The summed E-state index contributed by atoms with van der Waals surface area (Å²) in [6, 6.07) is 0.286. The molecule has 2 heterocycles. The number of aliphatic hydroxyl groups is 1. The van der Waals surface area contributed by atoms with Gasteiger partial charge in [-0.05, 0) is 19.8 Å². The summed E-state index contributed by atoms with van der Waals surface area (Å²) < 4.78 is 10.7. The molecule has 0 bridgehead atoms. The summed E-state index contributed by atoms with van der Waals surface area (Å²) in [5.74, 6) is 0.279. The van der Waals surface area contributed by atoms with Crippen LogP contribution in [0.4, 0.5) is 0 Å². The number of hydrogen-bond donors (Lipinski definition) is 2. The molecule has 15 heavy (non-hydrogen) atoms. The lowest BCUT2D eigenvalue weighted by Gasteiger charge is -2.34. The minimum atomic E-state index is -0.630. The Balaban J connectivity index is 1.84. The normalized spacial score (nSPS) is 36.4. The molecule has 4 nitrogen and oxygen atoms in total. The average molecular weight is 215 g/mol. The highest BCUT2D eigenvalue weighted by Gasteiger charge is 2.37. The first-order valence-corrected chi connectivity index (χ1v) is 5.80. The molecule has 2 N–H and O–H groups in total. The van der Waals surface area contributed by atoms with Gasteiger partial charge in [0.15, 0.2) is 0 Å². The molecule has 3 unspecified atom stereocenters. The molecule has 0 aromatic heterocycles. The van der Waals surface area contributed by atoms with Crippen molar-refractivity contribution < 1.29 is 14.6 Å². The van der Waals surface area contributed by atoms with Crippen LogP contribution in [-0.4, -0.2) is 49.7 Å². The van der Waals surface area contributed by atoms with E-state index in [9.17, 15) is 5.11 Å². The summed E-state index contributed by atoms with van der Waals surface area (Å²) in [5, 5.41) is 13.8. The molecule has 0 saturated carbocycles. The zero-order valence-electron chi connectivity index (χ0n) is 9.37. The first kappa shape index (κ1) is 11.3. The Morgan fingerprint density at radius 3 is 2.73 bits per heavy atom. The molecular formula is C11H21NO3. The SMILES string of the molecule is CC(O)(CC1COCCN1)C1CCOC1. The maximum atomic E-state index is 10.4. The number of nitrogens with one attached hydrogen (secondary N) is 1. The number of morpholine rings is 1. The van der Waals surface area contributed by atoms with Crippen LogP contribution in [0.5, 0.6) is 0 Å². The van der Waals surface area contributed by atoms with Gasteiger partial charge in [0, 0.05) is 25.1 Å². The van der Waals surface area contributed by atoms with Crippen LogP contribution in [0, 0.1) is 5.92 Å². The fraction of sp³-hybridized carbons (Fsp3) is 1.00. The Hall–Kier alpha value is -0.160. The van der Waals surface area contributed by atoms with E-state index in [4.69, 9.17) is 9.47 Å². The quantitative estimate of drug-likeness (QED) is 0.704. The van der Waals surface area contributed by atoms with Gasteiger partial charge in [0.1, 0.15) is 0 Å². The molecule has 2 fully saturated rings. The molecule has 0 aromatic rings. The summed E-state index contributed by atoms with van der Waals surface area (Å²) in [4.78, 5) is 0. The minimum Gasteiger partial charge on any atom is -0.390 e. The van der Waals surface area contributed by atoms with Crippen LogP contribution in [-0.2, 0) is 9.47 Å². The van der Waals surface area contributed by atoms with Crippen LogP contribution < -0.4 is 5.32 Å². The molecule has 0 aliphatic carbocycles. The highest BCUT2D eigenvalue weighted by atomic mass is 16.5. The Kier molecular flexibility index (Phi) is 3.61. The second-order valence-corrected chi connectivity index (χ2v) is 4.85. The summed E-state index contributed by atoms with van der Waals surface area (Å²) in [5.41, 5.74) is -0.630. The van der Waals surface area contributed by atoms with Crippen LogP contribution in [0.25, 0.3) is 0 Å². The van der Waals surface area contributed by atoms with E-state index >= 15 is 0 Å². The van der Waals surface area contributed by atoms with Crippen molar-refractivity contribution in [2.45, 2.75) is 31.4 Å². The Labute approximate surface area is 90.9 Å². The third-order valence-electron chi connectivity index (χ3n) is 3.47. The molecule has 0 aromatic carbocycles. The molecule has 0 radical (unpaired) electrons. The van der Waals surface area contributed by atoms with E-state index in [0.717, 1.165) is 32.6 Å². The number of ether oxygens (including phenoxy) is 2. The molecule has 3 atom stereocenters. The molecule has 2 aliphatic heterocycles. The van der Waals surface area contributed by atoms with E-state index in [1.807, 2.05) is 6.92 Å². The fourth-order valence-corrected chi connectivity index (χ4v) is 2.44. The van der Waals surface area contributed by atoms with Gasteiger partial charge in [-0.1, -0.05) is 0 Å². The van der Waals surface area contributed by atoms with Crippen LogP contribution in [0.15, 0.2) is 0 Å². The van der Waals surface area contributed by atoms with Crippen molar-refractivity contribution in [3.8, 4) is 0 Å². The van der Waals surface area contributed by atoms with Gasteiger partial charge in [0.05, 0.1) is 25.4 Å². The third kappa shape index (κ3) is 2.91. The lowest BCUT2D eigenvalue weighted by molar-refractivity contribution is -0.0364. The van der Waals surface area contributed by atoms with Crippen molar-refractivity contribution >= 4 is 0 Å². The second-order valence-electron chi connectivity index (χ2n) is 4.85. The summed E-state index contributed by atoms with van der Waals surface area (Å²) in [6.07, 6.45) is 1.72. The maximum absolute atomic E-state index is 10.4. The molecule has 2 rings (SSSR count). The van der Waals surface area contributed by atoms with Crippen molar-refractivity contribution in [3.05, 3.63) is 0 Å². The third-order valence-corrected chi connectivity index (χ3v) is 3.47. The zero-order valence-corrected chi connectivity index (χ0v) is 9.37. The minimum absolute atomic E-state index is 0.279. The Bertz CT molecular complexity index is 196. The van der Waals surface area contributed by atoms with Crippen LogP contribution in [0.1, 0.15) is 19.8 Å². The Morgan fingerprint density at radius 2 is 2.13 bits per heavy atom. The molecule has 88 valence electrons. The topological polar surface area (TPSA) is 50.7 Å². The summed E-state index contributed by atoms with van der Waals surface area (Å²) in [6.45, 7) is 5.79. The van der Waals surface area contributed by atoms with Gasteiger partial charge in [0.25, 0.3) is 0 Å². The van der Waals surface area contributed by atoms with Crippen molar-refractivity contribution in [3.63, 3.8) is 0 Å². The molecule has 4 heteroatoms. The van der Waals surface area contributed by atoms with E-state index in [1.165, 1.54) is 0 Å².